The first-order chi connectivity index (χ1) is 15.4. The SMILES string of the molecule is Cc1cc(NS(=O)(=O)c2ccc(NC(=O)C(C)Oc3cc(C)c(Cl)c(C)c3)cc2)nc(C)n1. The van der Waals surface area contributed by atoms with Gasteiger partial charge in [-0.15, -0.1) is 0 Å². The molecule has 0 fully saturated rings. The van der Waals surface area contributed by atoms with Crippen molar-refractivity contribution in [3.05, 3.63) is 70.1 Å². The van der Waals surface area contributed by atoms with Crippen LogP contribution in [0.4, 0.5) is 11.5 Å². The molecule has 2 aromatic carbocycles. The van der Waals surface area contributed by atoms with Crippen molar-refractivity contribution in [3.8, 4) is 5.75 Å². The van der Waals surface area contributed by atoms with E-state index in [0.717, 1.165) is 11.1 Å². The van der Waals surface area contributed by atoms with E-state index in [1.807, 2.05) is 13.8 Å². The van der Waals surface area contributed by atoms with Gasteiger partial charge in [-0.25, -0.2) is 18.4 Å². The molecule has 0 aliphatic rings. The van der Waals surface area contributed by atoms with Crippen molar-refractivity contribution in [1.82, 2.24) is 9.97 Å². The predicted molar refractivity (Wildman–Crippen MR) is 128 cm³/mol. The summed E-state index contributed by atoms with van der Waals surface area (Å²) in [6, 6.07) is 10.9. The maximum Gasteiger partial charge on any atom is 0.265 e. The van der Waals surface area contributed by atoms with Crippen molar-refractivity contribution in [2.45, 2.75) is 45.6 Å². The molecule has 0 saturated carbocycles. The molecule has 0 aliphatic carbocycles. The number of hydrogen-bond acceptors (Lipinski definition) is 6. The van der Waals surface area contributed by atoms with Crippen LogP contribution in [-0.4, -0.2) is 30.4 Å². The molecule has 10 heteroatoms. The van der Waals surface area contributed by atoms with Gasteiger partial charge in [-0.2, -0.15) is 0 Å². The molecule has 2 N–H and O–H groups in total. The zero-order chi connectivity index (χ0) is 24.3. The first-order valence-electron chi connectivity index (χ1n) is 10.1. The highest BCUT2D eigenvalue weighted by atomic mass is 35.5. The number of carbonyl (C=O) groups excluding carboxylic acids is 1. The highest BCUT2D eigenvalue weighted by Crippen LogP contribution is 2.26. The van der Waals surface area contributed by atoms with Crippen molar-refractivity contribution >= 4 is 39.0 Å². The van der Waals surface area contributed by atoms with Crippen molar-refractivity contribution in [2.24, 2.45) is 0 Å². The van der Waals surface area contributed by atoms with Crippen LogP contribution in [0.25, 0.3) is 0 Å². The van der Waals surface area contributed by atoms with Crippen LogP contribution >= 0.6 is 11.6 Å². The van der Waals surface area contributed by atoms with E-state index < -0.39 is 16.1 Å². The van der Waals surface area contributed by atoms with Crippen LogP contribution < -0.4 is 14.8 Å². The average molecular weight is 489 g/mol. The summed E-state index contributed by atoms with van der Waals surface area (Å²) in [6.45, 7) is 8.80. The number of ether oxygens (including phenoxy) is 1. The number of benzene rings is 2. The van der Waals surface area contributed by atoms with Crippen molar-refractivity contribution < 1.29 is 17.9 Å². The molecule has 1 heterocycles. The summed E-state index contributed by atoms with van der Waals surface area (Å²) in [5.41, 5.74) is 2.80. The van der Waals surface area contributed by atoms with Crippen LogP contribution in [0.15, 0.2) is 47.4 Å². The summed E-state index contributed by atoms with van der Waals surface area (Å²) < 4.78 is 33.5. The fourth-order valence-corrected chi connectivity index (χ4v) is 4.26. The second-order valence-electron chi connectivity index (χ2n) is 7.69. The first-order valence-corrected chi connectivity index (χ1v) is 12.0. The molecule has 1 atom stereocenters. The summed E-state index contributed by atoms with van der Waals surface area (Å²) in [5, 5.41) is 3.38. The number of aromatic nitrogens is 2. The smallest absolute Gasteiger partial charge is 0.265 e. The number of nitrogens with zero attached hydrogens (tertiary/aromatic N) is 2. The Hall–Kier alpha value is -3.17. The Labute approximate surface area is 198 Å². The topological polar surface area (TPSA) is 110 Å². The van der Waals surface area contributed by atoms with Gasteiger partial charge >= 0.3 is 0 Å². The fourth-order valence-electron chi connectivity index (χ4n) is 3.16. The molecule has 1 amide bonds. The van der Waals surface area contributed by atoms with Gasteiger partial charge in [-0.3, -0.25) is 9.52 Å². The summed E-state index contributed by atoms with van der Waals surface area (Å²) in [7, 11) is -3.85. The van der Waals surface area contributed by atoms with E-state index >= 15 is 0 Å². The molecule has 0 saturated heterocycles. The summed E-state index contributed by atoms with van der Waals surface area (Å²) in [6.07, 6.45) is -0.778. The fraction of sp³-hybridized carbons (Fsp3) is 0.261. The Bertz CT molecular complexity index is 1250. The standard InChI is InChI=1S/C23H25ClN4O4S/c1-13-10-19(11-14(2)22(13)24)32-16(4)23(29)27-18-6-8-20(9-7-18)33(30,31)28-21-12-15(3)25-17(5)26-21/h6-12,16H,1-5H3,(H,27,29)(H,25,26,28). The van der Waals surface area contributed by atoms with Gasteiger partial charge in [0.05, 0.1) is 4.90 Å². The largest absolute Gasteiger partial charge is 0.481 e. The van der Waals surface area contributed by atoms with E-state index in [1.54, 1.807) is 39.0 Å². The number of hydrogen-bond donors (Lipinski definition) is 2. The van der Waals surface area contributed by atoms with E-state index in [1.165, 1.54) is 24.3 Å². The Morgan fingerprint density at radius 1 is 1.00 bits per heavy atom. The molecule has 1 aromatic heterocycles. The molecule has 1 unspecified atom stereocenters. The van der Waals surface area contributed by atoms with E-state index in [2.05, 4.69) is 20.0 Å². The molecule has 0 aliphatic heterocycles. The van der Waals surface area contributed by atoms with Crippen LogP contribution in [-0.2, 0) is 14.8 Å². The Kier molecular flexibility index (Phi) is 7.24. The summed E-state index contributed by atoms with van der Waals surface area (Å²) in [4.78, 5) is 20.8. The van der Waals surface area contributed by atoms with Gasteiger partial charge in [-0.05, 0) is 82.1 Å². The van der Waals surface area contributed by atoms with Gasteiger partial charge in [0, 0.05) is 22.5 Å². The molecule has 0 bridgehead atoms. The van der Waals surface area contributed by atoms with E-state index in [-0.39, 0.29) is 16.6 Å². The van der Waals surface area contributed by atoms with Gasteiger partial charge in [0.1, 0.15) is 17.4 Å². The minimum atomic E-state index is -3.85. The Balaban J connectivity index is 1.66. The quantitative estimate of drug-likeness (QED) is 0.504. The van der Waals surface area contributed by atoms with E-state index in [0.29, 0.717) is 28.0 Å². The normalized spacial score (nSPS) is 12.2. The van der Waals surface area contributed by atoms with E-state index in [4.69, 9.17) is 16.3 Å². The maximum absolute atomic E-state index is 12.7. The number of sulfonamides is 1. The lowest BCUT2D eigenvalue weighted by molar-refractivity contribution is -0.122. The van der Waals surface area contributed by atoms with Crippen LogP contribution in [0.3, 0.4) is 0 Å². The second kappa shape index (κ2) is 9.76. The third kappa shape index (κ3) is 6.21. The number of carbonyl (C=O) groups is 1. The van der Waals surface area contributed by atoms with Crippen molar-refractivity contribution in [3.63, 3.8) is 0 Å². The lowest BCUT2D eigenvalue weighted by atomic mass is 10.1. The predicted octanol–water partition coefficient (Wildman–Crippen LogP) is 4.57. The second-order valence-corrected chi connectivity index (χ2v) is 9.75. The van der Waals surface area contributed by atoms with Crippen LogP contribution in [0.2, 0.25) is 5.02 Å². The molecular weight excluding hydrogens is 464 g/mol. The Morgan fingerprint density at radius 2 is 1.61 bits per heavy atom. The van der Waals surface area contributed by atoms with Crippen LogP contribution in [0.1, 0.15) is 29.6 Å². The number of aryl methyl sites for hydroxylation is 4. The Morgan fingerprint density at radius 3 is 2.18 bits per heavy atom. The van der Waals surface area contributed by atoms with Crippen molar-refractivity contribution in [2.75, 3.05) is 10.0 Å². The molecule has 8 nitrogen and oxygen atoms in total. The van der Waals surface area contributed by atoms with Crippen LogP contribution in [0.5, 0.6) is 5.75 Å². The molecule has 0 spiro atoms. The third-order valence-electron chi connectivity index (χ3n) is 4.73. The van der Waals surface area contributed by atoms with E-state index in [9.17, 15) is 13.2 Å². The van der Waals surface area contributed by atoms with Gasteiger partial charge in [0.15, 0.2) is 6.10 Å². The third-order valence-corrected chi connectivity index (χ3v) is 6.70. The first kappa shape index (κ1) is 24.5. The zero-order valence-corrected chi connectivity index (χ0v) is 20.5. The van der Waals surface area contributed by atoms with Gasteiger partial charge in [0.25, 0.3) is 15.9 Å². The number of nitrogens with one attached hydrogen (secondary N) is 2. The van der Waals surface area contributed by atoms with Crippen LogP contribution in [0, 0.1) is 27.7 Å². The highest BCUT2D eigenvalue weighted by molar-refractivity contribution is 7.92. The number of amides is 1. The van der Waals surface area contributed by atoms with Gasteiger partial charge in [0.2, 0.25) is 0 Å². The zero-order valence-electron chi connectivity index (χ0n) is 18.9. The lowest BCUT2D eigenvalue weighted by Crippen LogP contribution is -2.30. The minimum absolute atomic E-state index is 0.0332. The molecule has 33 heavy (non-hydrogen) atoms. The molecule has 3 rings (SSSR count). The summed E-state index contributed by atoms with van der Waals surface area (Å²) >= 11 is 6.17. The molecule has 3 aromatic rings. The molecule has 174 valence electrons. The van der Waals surface area contributed by atoms with Gasteiger partial charge < -0.3 is 10.1 Å². The minimum Gasteiger partial charge on any atom is -0.481 e. The molecule has 0 radical (unpaired) electrons. The number of halogens is 1. The number of rotatable bonds is 7. The number of anilines is 2. The summed E-state index contributed by atoms with van der Waals surface area (Å²) in [5.74, 6) is 0.822. The van der Waals surface area contributed by atoms with Crippen molar-refractivity contribution in [1.29, 1.82) is 0 Å². The maximum atomic E-state index is 12.7. The van der Waals surface area contributed by atoms with Gasteiger partial charge in [-0.1, -0.05) is 11.6 Å². The lowest BCUT2D eigenvalue weighted by Gasteiger charge is -2.16. The molecular formula is C23H25ClN4O4S. The monoisotopic (exact) mass is 488 g/mol. The highest BCUT2D eigenvalue weighted by Gasteiger charge is 2.18. The average Bonchev–Trinajstić information content (AvgIpc) is 2.71.